The van der Waals surface area contributed by atoms with Crippen molar-refractivity contribution in [2.75, 3.05) is 0 Å². The van der Waals surface area contributed by atoms with E-state index in [1.54, 1.807) is 0 Å². The van der Waals surface area contributed by atoms with E-state index in [1.807, 2.05) is 0 Å². The van der Waals surface area contributed by atoms with Crippen LogP contribution < -0.4 is 5.32 Å². The summed E-state index contributed by atoms with van der Waals surface area (Å²) >= 11 is 3.76. The summed E-state index contributed by atoms with van der Waals surface area (Å²) in [5.74, 6) is 0.493. The average molecular weight is 231 g/mol. The topological polar surface area (TPSA) is 29.1 Å². The number of carbonyl (C=O) groups excluding carboxylic acids is 1. The Morgan fingerprint density at radius 2 is 1.80 bits per heavy atom. The van der Waals surface area contributed by atoms with Crippen molar-refractivity contribution < 1.29 is 4.79 Å². The number of nitrogens with one attached hydrogen (secondary N) is 1. The van der Waals surface area contributed by atoms with Gasteiger partial charge in [0.05, 0.1) is 0 Å². The number of unbranched alkanes of at least 4 members (excludes halogenated alkanes) is 4. The van der Waals surface area contributed by atoms with E-state index in [1.165, 1.54) is 32.1 Å². The van der Waals surface area contributed by atoms with Crippen molar-refractivity contribution in [2.45, 2.75) is 65.3 Å². The van der Waals surface area contributed by atoms with Gasteiger partial charge in [0.25, 0.3) is 5.24 Å². The third kappa shape index (κ3) is 8.79. The van der Waals surface area contributed by atoms with E-state index in [9.17, 15) is 4.79 Å². The summed E-state index contributed by atoms with van der Waals surface area (Å²) in [4.78, 5) is 10.8. The van der Waals surface area contributed by atoms with Crippen molar-refractivity contribution in [2.24, 2.45) is 5.92 Å². The molecule has 0 radical (unpaired) electrons. The lowest BCUT2D eigenvalue weighted by Crippen LogP contribution is -2.35. The van der Waals surface area contributed by atoms with Crippen LogP contribution in [0, 0.1) is 5.92 Å². The fraction of sp³-hybridized carbons (Fsp3) is 0.917. The van der Waals surface area contributed by atoms with Gasteiger partial charge >= 0.3 is 0 Å². The lowest BCUT2D eigenvalue weighted by atomic mass is 9.97. The molecule has 0 spiro atoms. The summed E-state index contributed by atoms with van der Waals surface area (Å²) in [6.45, 7) is 6.50. The predicted octanol–water partition coefficient (Wildman–Crippen LogP) is 4.01. The van der Waals surface area contributed by atoms with Crippen LogP contribution in [0.25, 0.3) is 0 Å². The largest absolute Gasteiger partial charge is 0.344 e. The van der Waals surface area contributed by atoms with Crippen molar-refractivity contribution in [1.82, 2.24) is 5.32 Å². The first-order chi connectivity index (χ1) is 7.07. The highest BCUT2D eigenvalue weighted by atomic mass is 32.1. The van der Waals surface area contributed by atoms with E-state index >= 15 is 0 Å². The minimum Gasteiger partial charge on any atom is -0.344 e. The van der Waals surface area contributed by atoms with E-state index in [0.717, 1.165) is 6.42 Å². The summed E-state index contributed by atoms with van der Waals surface area (Å²) in [5.41, 5.74) is 0. The minimum absolute atomic E-state index is 0.206. The van der Waals surface area contributed by atoms with E-state index < -0.39 is 0 Å². The highest BCUT2D eigenvalue weighted by Gasteiger charge is 2.13. The van der Waals surface area contributed by atoms with Crippen LogP contribution in [0.1, 0.15) is 59.3 Å². The highest BCUT2D eigenvalue weighted by molar-refractivity contribution is 7.96. The number of carbonyl (C=O) groups is 1. The van der Waals surface area contributed by atoms with Gasteiger partial charge in [-0.05, 0) is 12.3 Å². The van der Waals surface area contributed by atoms with Crippen LogP contribution in [-0.4, -0.2) is 11.3 Å². The van der Waals surface area contributed by atoms with Gasteiger partial charge in [0.2, 0.25) is 0 Å². The summed E-state index contributed by atoms with van der Waals surface area (Å²) < 4.78 is 0. The summed E-state index contributed by atoms with van der Waals surface area (Å²) in [6.07, 6.45) is 7.48. The highest BCUT2D eigenvalue weighted by Crippen LogP contribution is 2.13. The van der Waals surface area contributed by atoms with Gasteiger partial charge < -0.3 is 5.32 Å². The van der Waals surface area contributed by atoms with Crippen molar-refractivity contribution >= 4 is 17.9 Å². The summed E-state index contributed by atoms with van der Waals surface area (Å²) in [7, 11) is 0. The maximum atomic E-state index is 10.8. The first-order valence-electron chi connectivity index (χ1n) is 6.07. The van der Waals surface area contributed by atoms with Crippen LogP contribution in [0.2, 0.25) is 0 Å². The van der Waals surface area contributed by atoms with E-state index in [4.69, 9.17) is 0 Å². The third-order valence-corrected chi connectivity index (χ3v) is 2.86. The number of amides is 1. The first kappa shape index (κ1) is 14.8. The molecule has 0 aliphatic heterocycles. The Bertz CT molecular complexity index is 171. The Balaban J connectivity index is 3.62. The Labute approximate surface area is 99.6 Å². The predicted molar refractivity (Wildman–Crippen MR) is 69.5 cm³/mol. The molecule has 0 aromatic carbocycles. The molecule has 15 heavy (non-hydrogen) atoms. The van der Waals surface area contributed by atoms with Gasteiger partial charge in [-0.15, -0.1) is 0 Å². The second-order valence-electron chi connectivity index (χ2n) is 4.50. The van der Waals surface area contributed by atoms with Gasteiger partial charge in [-0.25, -0.2) is 0 Å². The third-order valence-electron chi connectivity index (χ3n) is 2.73. The number of hydrogen-bond donors (Lipinski definition) is 2. The molecule has 90 valence electrons. The minimum atomic E-state index is -0.206. The van der Waals surface area contributed by atoms with Crippen LogP contribution in [0.5, 0.6) is 0 Å². The molecule has 1 N–H and O–H groups in total. The molecule has 0 saturated heterocycles. The maximum absolute atomic E-state index is 10.8. The van der Waals surface area contributed by atoms with Crippen molar-refractivity contribution in [3.63, 3.8) is 0 Å². The lowest BCUT2D eigenvalue weighted by Gasteiger charge is -2.21. The number of hydrogen-bond acceptors (Lipinski definition) is 1. The van der Waals surface area contributed by atoms with E-state index in [2.05, 4.69) is 38.7 Å². The fourth-order valence-corrected chi connectivity index (χ4v) is 1.86. The van der Waals surface area contributed by atoms with Crippen molar-refractivity contribution in [1.29, 1.82) is 0 Å². The van der Waals surface area contributed by atoms with Crippen LogP contribution in [0.4, 0.5) is 4.79 Å². The normalized spacial score (nSPS) is 12.9. The Hall–Kier alpha value is -0.180. The Morgan fingerprint density at radius 3 is 2.27 bits per heavy atom. The zero-order chi connectivity index (χ0) is 11.7. The zero-order valence-corrected chi connectivity index (χ0v) is 11.1. The first-order valence-corrected chi connectivity index (χ1v) is 6.52. The molecule has 0 aliphatic rings. The smallest absolute Gasteiger partial charge is 0.276 e. The molecule has 1 atom stereocenters. The molecule has 2 nitrogen and oxygen atoms in total. The zero-order valence-electron chi connectivity index (χ0n) is 10.3. The van der Waals surface area contributed by atoms with Crippen molar-refractivity contribution in [3.05, 3.63) is 0 Å². The van der Waals surface area contributed by atoms with Crippen LogP contribution in [-0.2, 0) is 0 Å². The molecule has 0 saturated carbocycles. The van der Waals surface area contributed by atoms with Crippen LogP contribution >= 0.6 is 12.6 Å². The van der Waals surface area contributed by atoms with Gasteiger partial charge in [-0.2, -0.15) is 0 Å². The molecule has 3 heteroatoms. The quantitative estimate of drug-likeness (QED) is 0.479. The Morgan fingerprint density at radius 1 is 1.20 bits per heavy atom. The molecule has 0 aliphatic carbocycles. The van der Waals surface area contributed by atoms with Gasteiger partial charge in [-0.3, -0.25) is 4.79 Å². The number of rotatable bonds is 8. The van der Waals surface area contributed by atoms with Gasteiger partial charge in [0, 0.05) is 6.04 Å². The molecule has 1 amide bonds. The molecule has 0 fully saturated rings. The standard InChI is InChI=1S/C12H25NOS/c1-4-5-6-7-8-9-11(10(2)3)13-12(14)15/h10-11H,4-9H2,1-3H3,(H2,13,14,15). The molecular weight excluding hydrogens is 206 g/mol. The number of thiol groups is 1. The summed E-state index contributed by atoms with van der Waals surface area (Å²) in [5, 5.41) is 2.69. The molecule has 1 unspecified atom stereocenters. The molecule has 0 aromatic rings. The molecular formula is C12H25NOS. The van der Waals surface area contributed by atoms with E-state index in [0.29, 0.717) is 5.92 Å². The fourth-order valence-electron chi connectivity index (χ4n) is 1.70. The lowest BCUT2D eigenvalue weighted by molar-refractivity contribution is 0.252. The Kier molecular flexibility index (Phi) is 8.97. The average Bonchev–Trinajstić information content (AvgIpc) is 2.15. The van der Waals surface area contributed by atoms with Gasteiger partial charge in [0.1, 0.15) is 0 Å². The van der Waals surface area contributed by atoms with E-state index in [-0.39, 0.29) is 11.3 Å². The maximum Gasteiger partial charge on any atom is 0.276 e. The van der Waals surface area contributed by atoms with Gasteiger partial charge in [-0.1, -0.05) is 65.5 Å². The van der Waals surface area contributed by atoms with Crippen LogP contribution in [0.3, 0.4) is 0 Å². The second kappa shape index (κ2) is 9.08. The van der Waals surface area contributed by atoms with Crippen LogP contribution in [0.15, 0.2) is 0 Å². The monoisotopic (exact) mass is 231 g/mol. The van der Waals surface area contributed by atoms with Crippen molar-refractivity contribution in [3.8, 4) is 0 Å². The van der Waals surface area contributed by atoms with Gasteiger partial charge in [0.15, 0.2) is 0 Å². The molecule has 0 heterocycles. The summed E-state index contributed by atoms with van der Waals surface area (Å²) in [6, 6.07) is 0.289. The molecule has 0 bridgehead atoms. The molecule has 0 rings (SSSR count). The SMILES string of the molecule is CCCCCCCC(NC(=O)S)C(C)C. The second-order valence-corrected chi connectivity index (χ2v) is 4.91. The molecule has 0 aromatic heterocycles.